The van der Waals surface area contributed by atoms with Crippen molar-refractivity contribution in [2.24, 2.45) is 0 Å². The average Bonchev–Trinajstić information content (AvgIpc) is 3.55. The van der Waals surface area contributed by atoms with Gasteiger partial charge in [0.1, 0.15) is 0 Å². The van der Waals surface area contributed by atoms with Gasteiger partial charge in [0.2, 0.25) is 0 Å². The molecule has 0 aliphatic heterocycles. The molecule has 0 spiro atoms. The Morgan fingerprint density at radius 1 is 0.333 bits per heavy atom. The van der Waals surface area contributed by atoms with Crippen molar-refractivity contribution < 1.29 is 0 Å². The highest BCUT2D eigenvalue weighted by atomic mass is 32.1. The number of para-hydroxylation sites is 2. The molecule has 48 heavy (non-hydrogen) atoms. The van der Waals surface area contributed by atoms with Crippen molar-refractivity contribution in [3.8, 4) is 33.4 Å². The van der Waals surface area contributed by atoms with Crippen LogP contribution in [0.25, 0.3) is 64.3 Å². The maximum atomic E-state index is 2.44. The van der Waals surface area contributed by atoms with Crippen LogP contribution in [-0.2, 0) is 0 Å². The minimum absolute atomic E-state index is 1.11. The van der Waals surface area contributed by atoms with Crippen LogP contribution in [0.3, 0.4) is 0 Å². The van der Waals surface area contributed by atoms with Crippen molar-refractivity contribution in [2.75, 3.05) is 4.90 Å². The quantitative estimate of drug-likeness (QED) is 0.177. The number of hydrogen-bond acceptors (Lipinski definition) is 2. The molecule has 0 saturated carbocycles. The molecule has 8 aromatic carbocycles. The Hall–Kier alpha value is -5.96. The molecule has 0 amide bonds. The molecule has 0 unspecified atom stereocenters. The van der Waals surface area contributed by atoms with E-state index in [-0.39, 0.29) is 0 Å². The largest absolute Gasteiger partial charge is 0.309 e. The van der Waals surface area contributed by atoms with E-state index in [0.29, 0.717) is 0 Å². The Labute approximate surface area is 284 Å². The maximum absolute atomic E-state index is 2.44. The van der Waals surface area contributed by atoms with Gasteiger partial charge in [-0.2, -0.15) is 0 Å². The number of benzene rings is 8. The smallest absolute Gasteiger partial charge is 0.0540 e. The fourth-order valence-electron chi connectivity index (χ4n) is 7.06. The zero-order valence-corrected chi connectivity index (χ0v) is 27.1. The summed E-state index contributed by atoms with van der Waals surface area (Å²) in [6.07, 6.45) is 0. The second-order valence-electron chi connectivity index (χ2n) is 12.1. The summed E-state index contributed by atoms with van der Waals surface area (Å²) in [5.74, 6) is 0. The molecule has 0 aliphatic rings. The van der Waals surface area contributed by atoms with Gasteiger partial charge in [0.25, 0.3) is 0 Å². The van der Waals surface area contributed by atoms with Gasteiger partial charge in [0, 0.05) is 42.6 Å². The molecule has 0 atom stereocenters. The number of fused-ring (bicyclic) bond motifs is 4. The standard InChI is InChI=1S/C46H31NS/c1-2-14-33(15-3-1)38-19-6-9-25-43(38)47(35-30-28-34(29-31-35)37-22-12-17-32-16-4-5-18-36(32)37)44-26-10-7-20-39(44)41-23-13-24-42-40-21-8-11-27-45(40)48-46(41)42/h1-31H. The summed E-state index contributed by atoms with van der Waals surface area (Å²) >= 11 is 1.88. The Balaban J connectivity index is 1.27. The lowest BCUT2D eigenvalue weighted by Gasteiger charge is -2.30. The predicted octanol–water partition coefficient (Wildman–Crippen LogP) is 13.7. The van der Waals surface area contributed by atoms with Gasteiger partial charge in [0.05, 0.1) is 11.4 Å². The van der Waals surface area contributed by atoms with Gasteiger partial charge in [-0.15, -0.1) is 11.3 Å². The fourth-order valence-corrected chi connectivity index (χ4v) is 8.29. The van der Waals surface area contributed by atoms with Crippen LogP contribution in [0, 0.1) is 0 Å². The minimum Gasteiger partial charge on any atom is -0.309 e. The van der Waals surface area contributed by atoms with Crippen molar-refractivity contribution in [3.05, 3.63) is 188 Å². The Bertz CT molecular complexity index is 2560. The summed E-state index contributed by atoms with van der Waals surface area (Å²) in [6, 6.07) is 68.1. The van der Waals surface area contributed by atoms with Crippen LogP contribution in [0.4, 0.5) is 17.1 Å². The average molecular weight is 630 g/mol. The van der Waals surface area contributed by atoms with E-state index in [1.165, 1.54) is 64.3 Å². The second kappa shape index (κ2) is 12.0. The van der Waals surface area contributed by atoms with Gasteiger partial charge in [-0.05, 0) is 57.8 Å². The molecule has 9 aromatic rings. The Morgan fingerprint density at radius 3 is 1.71 bits per heavy atom. The second-order valence-corrected chi connectivity index (χ2v) is 13.1. The van der Waals surface area contributed by atoms with E-state index in [0.717, 1.165) is 17.1 Å². The van der Waals surface area contributed by atoms with E-state index in [4.69, 9.17) is 0 Å². The van der Waals surface area contributed by atoms with Gasteiger partial charge in [-0.1, -0.05) is 158 Å². The number of rotatable bonds is 6. The molecule has 0 N–H and O–H groups in total. The molecule has 1 nitrogen and oxygen atoms in total. The predicted molar refractivity (Wildman–Crippen MR) is 208 cm³/mol. The van der Waals surface area contributed by atoms with Crippen LogP contribution in [0.5, 0.6) is 0 Å². The Kier molecular flexibility index (Phi) is 7.07. The third-order valence-electron chi connectivity index (χ3n) is 9.30. The molecular weight excluding hydrogens is 599 g/mol. The van der Waals surface area contributed by atoms with Gasteiger partial charge in [-0.3, -0.25) is 0 Å². The van der Waals surface area contributed by atoms with E-state index in [9.17, 15) is 0 Å². The van der Waals surface area contributed by atoms with Crippen LogP contribution in [0.15, 0.2) is 188 Å². The van der Waals surface area contributed by atoms with Crippen LogP contribution < -0.4 is 4.90 Å². The van der Waals surface area contributed by atoms with Crippen LogP contribution in [0.2, 0.25) is 0 Å². The molecule has 0 saturated heterocycles. The van der Waals surface area contributed by atoms with E-state index in [2.05, 4.69) is 193 Å². The van der Waals surface area contributed by atoms with Crippen molar-refractivity contribution in [2.45, 2.75) is 0 Å². The third kappa shape index (κ3) is 4.86. The summed E-state index contributed by atoms with van der Waals surface area (Å²) in [5, 5.41) is 5.13. The molecule has 0 bridgehead atoms. The first kappa shape index (κ1) is 28.3. The monoisotopic (exact) mass is 629 g/mol. The van der Waals surface area contributed by atoms with Crippen molar-refractivity contribution in [1.29, 1.82) is 0 Å². The molecular formula is C46H31NS. The van der Waals surface area contributed by atoms with Gasteiger partial charge < -0.3 is 4.90 Å². The lowest BCUT2D eigenvalue weighted by atomic mass is 9.96. The molecule has 226 valence electrons. The fraction of sp³-hybridized carbons (Fsp3) is 0. The SMILES string of the molecule is c1ccc(-c2ccccc2N(c2ccc(-c3cccc4ccccc34)cc2)c2ccccc2-c2cccc3c2sc2ccccc23)cc1. The normalized spacial score (nSPS) is 11.3. The zero-order valence-electron chi connectivity index (χ0n) is 26.3. The summed E-state index contributed by atoms with van der Waals surface area (Å²) in [5.41, 5.74) is 10.7. The summed E-state index contributed by atoms with van der Waals surface area (Å²) in [6.45, 7) is 0. The topological polar surface area (TPSA) is 3.24 Å². The van der Waals surface area contributed by atoms with E-state index in [1.807, 2.05) is 11.3 Å². The van der Waals surface area contributed by atoms with Gasteiger partial charge >= 0.3 is 0 Å². The van der Waals surface area contributed by atoms with Gasteiger partial charge in [0.15, 0.2) is 0 Å². The first-order valence-electron chi connectivity index (χ1n) is 16.4. The lowest BCUT2D eigenvalue weighted by Crippen LogP contribution is -2.12. The molecule has 2 heteroatoms. The highest BCUT2D eigenvalue weighted by Gasteiger charge is 2.22. The minimum atomic E-state index is 1.11. The highest BCUT2D eigenvalue weighted by molar-refractivity contribution is 7.26. The van der Waals surface area contributed by atoms with Crippen LogP contribution in [-0.4, -0.2) is 0 Å². The molecule has 0 fully saturated rings. The number of thiophene rings is 1. The van der Waals surface area contributed by atoms with Crippen LogP contribution >= 0.6 is 11.3 Å². The van der Waals surface area contributed by atoms with Crippen molar-refractivity contribution >= 4 is 59.3 Å². The molecule has 0 aliphatic carbocycles. The maximum Gasteiger partial charge on any atom is 0.0540 e. The summed E-state index contributed by atoms with van der Waals surface area (Å²) < 4.78 is 2.63. The summed E-state index contributed by atoms with van der Waals surface area (Å²) in [7, 11) is 0. The highest BCUT2D eigenvalue weighted by Crippen LogP contribution is 2.48. The molecule has 1 heterocycles. The lowest BCUT2D eigenvalue weighted by molar-refractivity contribution is 1.28. The third-order valence-corrected chi connectivity index (χ3v) is 10.5. The van der Waals surface area contributed by atoms with E-state index in [1.54, 1.807) is 0 Å². The first-order valence-corrected chi connectivity index (χ1v) is 17.2. The Morgan fingerprint density at radius 2 is 0.875 bits per heavy atom. The van der Waals surface area contributed by atoms with E-state index < -0.39 is 0 Å². The molecule has 1 aromatic heterocycles. The number of anilines is 3. The first-order chi connectivity index (χ1) is 23.8. The van der Waals surface area contributed by atoms with E-state index >= 15 is 0 Å². The summed E-state index contributed by atoms with van der Waals surface area (Å²) in [4.78, 5) is 2.44. The van der Waals surface area contributed by atoms with Crippen molar-refractivity contribution in [1.82, 2.24) is 0 Å². The number of hydrogen-bond donors (Lipinski definition) is 0. The molecule has 9 rings (SSSR count). The van der Waals surface area contributed by atoms with Crippen LogP contribution in [0.1, 0.15) is 0 Å². The van der Waals surface area contributed by atoms with Gasteiger partial charge in [-0.25, -0.2) is 0 Å². The zero-order chi connectivity index (χ0) is 31.9. The molecule has 0 radical (unpaired) electrons. The van der Waals surface area contributed by atoms with Crippen molar-refractivity contribution in [3.63, 3.8) is 0 Å². The number of nitrogens with zero attached hydrogens (tertiary/aromatic N) is 1.